The van der Waals surface area contributed by atoms with E-state index in [1.807, 2.05) is 51.1 Å². The van der Waals surface area contributed by atoms with Gasteiger partial charge in [0.2, 0.25) is 5.91 Å². The predicted octanol–water partition coefficient (Wildman–Crippen LogP) is 4.07. The van der Waals surface area contributed by atoms with Crippen LogP contribution in [0.15, 0.2) is 30.3 Å². The Labute approximate surface area is 181 Å². The van der Waals surface area contributed by atoms with Gasteiger partial charge in [-0.1, -0.05) is 44.5 Å². The standard InChI is InChI=1S/C20H26ClN3O3S2/c1-20(2,3)17-10-18(24(23-17)16-8-9-29(26,27)13-16)22-19(25)12-28-11-14-4-6-15(21)7-5-14/h4-7,10,16H,8-9,11-13H2,1-3H3,(H,22,25). The molecule has 6 nitrogen and oxygen atoms in total. The first-order chi connectivity index (χ1) is 13.5. The third-order valence-electron chi connectivity index (χ3n) is 4.74. The lowest BCUT2D eigenvalue weighted by molar-refractivity contribution is -0.113. The van der Waals surface area contributed by atoms with Crippen molar-refractivity contribution in [3.63, 3.8) is 0 Å². The maximum atomic E-state index is 12.5. The monoisotopic (exact) mass is 455 g/mol. The van der Waals surface area contributed by atoms with Crippen LogP contribution in [0.4, 0.5) is 5.82 Å². The van der Waals surface area contributed by atoms with Crippen molar-refractivity contribution in [1.82, 2.24) is 9.78 Å². The van der Waals surface area contributed by atoms with Crippen molar-refractivity contribution in [3.8, 4) is 0 Å². The quantitative estimate of drug-likeness (QED) is 0.710. The summed E-state index contributed by atoms with van der Waals surface area (Å²) in [6, 6.07) is 9.16. The molecule has 1 aliphatic rings. The lowest BCUT2D eigenvalue weighted by Gasteiger charge is -2.15. The fourth-order valence-corrected chi connectivity index (χ4v) is 5.73. The Morgan fingerprint density at radius 1 is 1.31 bits per heavy atom. The molecule has 1 amide bonds. The van der Waals surface area contributed by atoms with Gasteiger partial charge >= 0.3 is 0 Å². The summed E-state index contributed by atoms with van der Waals surface area (Å²) in [5, 5.41) is 8.25. The zero-order valence-corrected chi connectivity index (χ0v) is 19.2. The number of carbonyl (C=O) groups excluding carboxylic acids is 1. The maximum absolute atomic E-state index is 12.5. The highest BCUT2D eigenvalue weighted by Gasteiger charge is 2.32. The molecule has 9 heteroatoms. The number of nitrogens with zero attached hydrogens (tertiary/aromatic N) is 2. The molecule has 3 rings (SSSR count). The molecule has 1 aliphatic heterocycles. The zero-order chi connectivity index (χ0) is 21.2. The summed E-state index contributed by atoms with van der Waals surface area (Å²) in [6.07, 6.45) is 0.516. The molecule has 1 fully saturated rings. The van der Waals surface area contributed by atoms with E-state index in [1.165, 1.54) is 11.8 Å². The molecule has 0 bridgehead atoms. The molecule has 2 heterocycles. The molecule has 1 unspecified atom stereocenters. The summed E-state index contributed by atoms with van der Waals surface area (Å²) in [5.41, 5.74) is 1.72. The third-order valence-corrected chi connectivity index (χ3v) is 7.75. The van der Waals surface area contributed by atoms with E-state index in [0.29, 0.717) is 28.8 Å². The molecule has 1 N–H and O–H groups in total. The van der Waals surface area contributed by atoms with E-state index < -0.39 is 9.84 Å². The van der Waals surface area contributed by atoms with E-state index in [1.54, 1.807) is 4.68 Å². The molecule has 158 valence electrons. The van der Waals surface area contributed by atoms with Crippen molar-refractivity contribution in [2.45, 2.75) is 44.4 Å². The van der Waals surface area contributed by atoms with Crippen LogP contribution in [0.5, 0.6) is 0 Å². The smallest absolute Gasteiger partial charge is 0.235 e. The van der Waals surface area contributed by atoms with Crippen LogP contribution in [0.2, 0.25) is 5.02 Å². The van der Waals surface area contributed by atoms with Gasteiger partial charge in [-0.15, -0.1) is 11.8 Å². The lowest BCUT2D eigenvalue weighted by Crippen LogP contribution is -2.21. The highest BCUT2D eigenvalue weighted by molar-refractivity contribution is 7.99. The third kappa shape index (κ3) is 5.99. The lowest BCUT2D eigenvalue weighted by atomic mass is 9.92. The molecular weight excluding hydrogens is 430 g/mol. The second-order valence-corrected chi connectivity index (χ2v) is 12.0. The number of hydrogen-bond acceptors (Lipinski definition) is 5. The van der Waals surface area contributed by atoms with Gasteiger partial charge in [0, 0.05) is 22.3 Å². The Kier molecular flexibility index (Phi) is 6.65. The Hall–Kier alpha value is -1.51. The summed E-state index contributed by atoms with van der Waals surface area (Å²) in [4.78, 5) is 12.5. The van der Waals surface area contributed by atoms with Crippen LogP contribution in [-0.2, 0) is 25.8 Å². The number of amides is 1. The van der Waals surface area contributed by atoms with Crippen LogP contribution >= 0.6 is 23.4 Å². The van der Waals surface area contributed by atoms with Crippen LogP contribution in [0.1, 0.15) is 44.5 Å². The summed E-state index contributed by atoms with van der Waals surface area (Å²) in [6.45, 7) is 6.12. The van der Waals surface area contributed by atoms with Crippen LogP contribution in [-0.4, -0.2) is 41.4 Å². The van der Waals surface area contributed by atoms with E-state index >= 15 is 0 Å². The number of sulfone groups is 1. The summed E-state index contributed by atoms with van der Waals surface area (Å²) >= 11 is 7.40. The van der Waals surface area contributed by atoms with E-state index in [0.717, 1.165) is 11.3 Å². The number of halogens is 1. The maximum Gasteiger partial charge on any atom is 0.235 e. The number of hydrogen-bond donors (Lipinski definition) is 1. The Balaban J connectivity index is 1.67. The molecule has 1 aromatic carbocycles. The van der Waals surface area contributed by atoms with E-state index in [4.69, 9.17) is 11.6 Å². The first-order valence-electron chi connectivity index (χ1n) is 9.46. The van der Waals surface area contributed by atoms with Crippen LogP contribution in [0.25, 0.3) is 0 Å². The summed E-state index contributed by atoms with van der Waals surface area (Å²) in [7, 11) is -3.05. The first kappa shape index (κ1) is 22.2. The second-order valence-electron chi connectivity index (χ2n) is 8.33. The average molecular weight is 456 g/mol. The van der Waals surface area contributed by atoms with Crippen molar-refractivity contribution in [1.29, 1.82) is 0 Å². The fraction of sp³-hybridized carbons (Fsp3) is 0.500. The molecule has 0 spiro atoms. The number of nitrogens with one attached hydrogen (secondary N) is 1. The SMILES string of the molecule is CC(C)(C)c1cc(NC(=O)CSCc2ccc(Cl)cc2)n(C2CCS(=O)(=O)C2)n1. The van der Waals surface area contributed by atoms with Crippen molar-refractivity contribution in [2.75, 3.05) is 22.6 Å². The number of carbonyl (C=O) groups is 1. The highest BCUT2D eigenvalue weighted by Crippen LogP contribution is 2.31. The normalized spacial score (nSPS) is 18.7. The Morgan fingerprint density at radius 3 is 2.59 bits per heavy atom. The number of rotatable bonds is 6. The summed E-state index contributed by atoms with van der Waals surface area (Å²) < 4.78 is 25.5. The van der Waals surface area contributed by atoms with Gasteiger partial charge in [-0.05, 0) is 24.1 Å². The predicted molar refractivity (Wildman–Crippen MR) is 119 cm³/mol. The molecule has 0 aliphatic carbocycles. The van der Waals surface area contributed by atoms with Crippen LogP contribution in [0, 0.1) is 0 Å². The second kappa shape index (κ2) is 8.70. The molecule has 1 saturated heterocycles. The largest absolute Gasteiger partial charge is 0.310 e. The topological polar surface area (TPSA) is 81.1 Å². The fourth-order valence-electron chi connectivity index (χ4n) is 3.12. The van der Waals surface area contributed by atoms with Crippen molar-refractivity contribution in [2.24, 2.45) is 0 Å². The highest BCUT2D eigenvalue weighted by atomic mass is 35.5. The van der Waals surface area contributed by atoms with Crippen molar-refractivity contribution in [3.05, 3.63) is 46.6 Å². The van der Waals surface area contributed by atoms with Gasteiger partial charge < -0.3 is 5.32 Å². The molecule has 29 heavy (non-hydrogen) atoms. The van der Waals surface area contributed by atoms with Crippen LogP contribution < -0.4 is 5.32 Å². The average Bonchev–Trinajstić information content (AvgIpc) is 3.19. The van der Waals surface area contributed by atoms with Crippen molar-refractivity contribution < 1.29 is 13.2 Å². The Bertz CT molecular complexity index is 979. The summed E-state index contributed by atoms with van der Waals surface area (Å²) in [5.74, 6) is 1.65. The van der Waals surface area contributed by atoms with E-state index in [9.17, 15) is 13.2 Å². The van der Waals surface area contributed by atoms with Crippen LogP contribution in [0.3, 0.4) is 0 Å². The minimum Gasteiger partial charge on any atom is -0.310 e. The Morgan fingerprint density at radius 2 is 2.00 bits per heavy atom. The first-order valence-corrected chi connectivity index (χ1v) is 12.8. The molecule has 1 atom stereocenters. The molecule has 0 radical (unpaired) electrons. The molecule has 2 aromatic rings. The van der Waals surface area contributed by atoms with Gasteiger partial charge in [0.15, 0.2) is 9.84 Å². The molecule has 1 aromatic heterocycles. The molecule has 0 saturated carbocycles. The van der Waals surface area contributed by atoms with Gasteiger partial charge in [0.1, 0.15) is 5.82 Å². The minimum atomic E-state index is -3.05. The molecular formula is C20H26ClN3O3S2. The van der Waals surface area contributed by atoms with Gasteiger partial charge in [-0.25, -0.2) is 13.1 Å². The minimum absolute atomic E-state index is 0.0620. The number of benzene rings is 1. The zero-order valence-electron chi connectivity index (χ0n) is 16.8. The number of thioether (sulfide) groups is 1. The van der Waals surface area contributed by atoms with E-state index in [-0.39, 0.29) is 28.9 Å². The van der Waals surface area contributed by atoms with Gasteiger partial charge in [0.25, 0.3) is 0 Å². The van der Waals surface area contributed by atoms with Gasteiger partial charge in [-0.3, -0.25) is 4.79 Å². The van der Waals surface area contributed by atoms with Gasteiger partial charge in [-0.2, -0.15) is 5.10 Å². The van der Waals surface area contributed by atoms with E-state index in [2.05, 4.69) is 10.4 Å². The van der Waals surface area contributed by atoms with Crippen molar-refractivity contribution >= 4 is 44.9 Å². The van der Waals surface area contributed by atoms with Gasteiger partial charge in [0.05, 0.1) is 29.0 Å². The number of anilines is 1. The number of aromatic nitrogens is 2.